The van der Waals surface area contributed by atoms with Crippen LogP contribution in [0, 0.1) is 0 Å². The number of nitrogens with zero attached hydrogens (tertiary/aromatic N) is 3. The lowest BCUT2D eigenvalue weighted by Gasteiger charge is -2.23. The van der Waals surface area contributed by atoms with E-state index in [1.807, 2.05) is 42.5 Å². The minimum absolute atomic E-state index is 0.405. The van der Waals surface area contributed by atoms with Crippen molar-refractivity contribution in [2.75, 3.05) is 24.9 Å². The van der Waals surface area contributed by atoms with Crippen LogP contribution in [0.5, 0.6) is 11.5 Å². The largest absolute Gasteiger partial charge is 0.497 e. The van der Waals surface area contributed by atoms with Crippen LogP contribution in [0.3, 0.4) is 0 Å². The molecule has 1 fully saturated rings. The number of nitrogens with one attached hydrogen (secondary N) is 2. The topological polar surface area (TPSA) is 81.2 Å². The molecule has 7 nitrogen and oxygen atoms in total. The molecule has 0 aliphatic heterocycles. The number of anilines is 3. The van der Waals surface area contributed by atoms with E-state index in [2.05, 4.69) is 15.6 Å². The van der Waals surface area contributed by atoms with Crippen molar-refractivity contribution in [1.29, 1.82) is 0 Å². The van der Waals surface area contributed by atoms with E-state index in [-0.39, 0.29) is 0 Å². The number of ether oxygens (including phenoxy) is 2. The summed E-state index contributed by atoms with van der Waals surface area (Å²) in [5.74, 6) is 2.70. The monoisotopic (exact) mass is 405 g/mol. The normalized spacial score (nSPS) is 14.2. The van der Waals surface area contributed by atoms with Crippen LogP contribution in [-0.2, 0) is 0 Å². The zero-order chi connectivity index (χ0) is 20.8. The maximum atomic E-state index is 5.38. The van der Waals surface area contributed by atoms with Gasteiger partial charge in [-0.05, 0) is 25.0 Å². The first-order valence-electron chi connectivity index (χ1n) is 10.3. The van der Waals surface area contributed by atoms with Crippen LogP contribution < -0.4 is 20.1 Å². The third-order valence-electron chi connectivity index (χ3n) is 5.22. The molecule has 0 unspecified atom stereocenters. The number of aromatic nitrogens is 3. The molecule has 1 saturated carbocycles. The van der Waals surface area contributed by atoms with Gasteiger partial charge >= 0.3 is 0 Å². The average Bonchev–Trinajstić information content (AvgIpc) is 2.80. The van der Waals surface area contributed by atoms with Gasteiger partial charge < -0.3 is 20.1 Å². The van der Waals surface area contributed by atoms with Crippen molar-refractivity contribution in [3.05, 3.63) is 48.7 Å². The lowest BCUT2D eigenvalue weighted by Crippen LogP contribution is -2.23. The summed E-state index contributed by atoms with van der Waals surface area (Å²) in [7, 11) is 3.27. The maximum absolute atomic E-state index is 5.38. The maximum Gasteiger partial charge on any atom is 0.225 e. The minimum Gasteiger partial charge on any atom is -0.497 e. The molecule has 0 amide bonds. The zero-order valence-electron chi connectivity index (χ0n) is 17.4. The van der Waals surface area contributed by atoms with Crippen LogP contribution >= 0.6 is 0 Å². The van der Waals surface area contributed by atoms with E-state index in [1.165, 1.54) is 19.3 Å². The highest BCUT2D eigenvalue weighted by Gasteiger charge is 2.16. The quantitative estimate of drug-likeness (QED) is 0.570. The van der Waals surface area contributed by atoms with Crippen molar-refractivity contribution in [1.82, 2.24) is 15.0 Å². The Labute approximate surface area is 176 Å². The van der Waals surface area contributed by atoms with Gasteiger partial charge in [0.25, 0.3) is 0 Å². The van der Waals surface area contributed by atoms with Crippen LogP contribution in [0.2, 0.25) is 0 Å². The predicted molar refractivity (Wildman–Crippen MR) is 119 cm³/mol. The molecule has 1 aromatic carbocycles. The zero-order valence-corrected chi connectivity index (χ0v) is 17.4. The Balaban J connectivity index is 1.66. The van der Waals surface area contributed by atoms with Crippen molar-refractivity contribution in [2.45, 2.75) is 38.1 Å². The number of rotatable bonds is 7. The molecule has 2 N–H and O–H groups in total. The molecular formula is C23H27N5O2. The van der Waals surface area contributed by atoms with Gasteiger partial charge in [-0.25, -0.2) is 4.98 Å². The Morgan fingerprint density at radius 2 is 1.63 bits per heavy atom. The standard InChI is InChI=1S/C23H27N5O2/c1-29-18-12-17(13-19(14-18)30-2)25-22-15-21(20-10-6-7-11-24-20)27-23(28-22)26-16-8-4-3-5-9-16/h6-7,10-16H,3-5,8-9H2,1-2H3,(H2,25,26,27,28). The van der Waals surface area contributed by atoms with Gasteiger partial charge in [0.1, 0.15) is 17.3 Å². The summed E-state index contributed by atoms with van der Waals surface area (Å²) in [6.45, 7) is 0. The number of hydrogen-bond donors (Lipinski definition) is 2. The molecular weight excluding hydrogens is 378 g/mol. The third-order valence-corrected chi connectivity index (χ3v) is 5.22. The molecule has 3 aromatic rings. The number of hydrogen-bond acceptors (Lipinski definition) is 7. The van der Waals surface area contributed by atoms with E-state index in [0.717, 1.165) is 29.9 Å². The first-order chi connectivity index (χ1) is 14.7. The molecule has 0 atom stereocenters. The molecule has 0 radical (unpaired) electrons. The summed E-state index contributed by atoms with van der Waals surface area (Å²) in [4.78, 5) is 13.9. The van der Waals surface area contributed by atoms with Crippen molar-refractivity contribution in [3.63, 3.8) is 0 Å². The predicted octanol–water partition coefficient (Wildman–Crippen LogP) is 5.04. The van der Waals surface area contributed by atoms with Crippen LogP contribution in [-0.4, -0.2) is 35.2 Å². The Hall–Kier alpha value is -3.35. The minimum atomic E-state index is 0.405. The Morgan fingerprint density at radius 3 is 2.30 bits per heavy atom. The van der Waals surface area contributed by atoms with Crippen LogP contribution in [0.1, 0.15) is 32.1 Å². The SMILES string of the molecule is COc1cc(Nc2cc(-c3ccccn3)nc(NC3CCCCC3)n2)cc(OC)c1. The summed E-state index contributed by atoms with van der Waals surface area (Å²) in [6, 6.07) is 13.7. The molecule has 4 rings (SSSR count). The van der Waals surface area contributed by atoms with Gasteiger partial charge in [-0.1, -0.05) is 25.3 Å². The lowest BCUT2D eigenvalue weighted by molar-refractivity contribution is 0.395. The number of benzene rings is 1. The van der Waals surface area contributed by atoms with Gasteiger partial charge in [-0.15, -0.1) is 0 Å². The summed E-state index contributed by atoms with van der Waals surface area (Å²) in [5.41, 5.74) is 2.39. The molecule has 2 heterocycles. The highest BCUT2D eigenvalue weighted by molar-refractivity contribution is 5.67. The summed E-state index contributed by atoms with van der Waals surface area (Å²) < 4.78 is 10.8. The van der Waals surface area contributed by atoms with Crippen LogP contribution in [0.15, 0.2) is 48.7 Å². The Bertz CT molecular complexity index is 952. The molecule has 1 aliphatic rings. The van der Waals surface area contributed by atoms with Crippen LogP contribution in [0.4, 0.5) is 17.5 Å². The fourth-order valence-corrected chi connectivity index (χ4v) is 3.68. The lowest BCUT2D eigenvalue weighted by atomic mass is 9.96. The molecule has 0 bridgehead atoms. The van der Waals surface area contributed by atoms with E-state index in [0.29, 0.717) is 29.3 Å². The van der Waals surface area contributed by atoms with E-state index in [9.17, 15) is 0 Å². The van der Waals surface area contributed by atoms with Gasteiger partial charge in [0.15, 0.2) is 0 Å². The second-order valence-corrected chi connectivity index (χ2v) is 7.38. The molecule has 0 spiro atoms. The Morgan fingerprint density at radius 1 is 0.867 bits per heavy atom. The van der Waals surface area contributed by atoms with Crippen LogP contribution in [0.25, 0.3) is 11.4 Å². The molecule has 30 heavy (non-hydrogen) atoms. The van der Waals surface area contributed by atoms with E-state index >= 15 is 0 Å². The first-order valence-corrected chi connectivity index (χ1v) is 10.3. The van der Waals surface area contributed by atoms with E-state index in [1.54, 1.807) is 20.4 Å². The smallest absolute Gasteiger partial charge is 0.225 e. The molecule has 7 heteroatoms. The van der Waals surface area contributed by atoms with Crippen molar-refractivity contribution in [3.8, 4) is 22.9 Å². The average molecular weight is 406 g/mol. The van der Waals surface area contributed by atoms with Crippen molar-refractivity contribution >= 4 is 17.5 Å². The summed E-state index contributed by atoms with van der Waals surface area (Å²) >= 11 is 0. The van der Waals surface area contributed by atoms with Gasteiger partial charge in [-0.3, -0.25) is 4.98 Å². The van der Waals surface area contributed by atoms with Gasteiger partial charge in [0, 0.05) is 42.2 Å². The van der Waals surface area contributed by atoms with Gasteiger partial charge in [0.2, 0.25) is 5.95 Å². The van der Waals surface area contributed by atoms with E-state index < -0.39 is 0 Å². The second kappa shape index (κ2) is 9.43. The first kappa shape index (κ1) is 19.9. The molecule has 156 valence electrons. The number of methoxy groups -OCH3 is 2. The van der Waals surface area contributed by atoms with Crippen molar-refractivity contribution < 1.29 is 9.47 Å². The fourth-order valence-electron chi connectivity index (χ4n) is 3.68. The summed E-state index contributed by atoms with van der Waals surface area (Å²) in [6.07, 6.45) is 7.85. The highest BCUT2D eigenvalue weighted by Crippen LogP contribution is 2.29. The molecule has 1 aliphatic carbocycles. The van der Waals surface area contributed by atoms with Gasteiger partial charge in [0.05, 0.1) is 25.6 Å². The fraction of sp³-hybridized carbons (Fsp3) is 0.348. The Kier molecular flexibility index (Phi) is 6.27. The van der Waals surface area contributed by atoms with Crippen molar-refractivity contribution in [2.24, 2.45) is 0 Å². The second-order valence-electron chi connectivity index (χ2n) is 7.38. The number of pyridine rings is 1. The summed E-state index contributed by atoms with van der Waals surface area (Å²) in [5, 5.41) is 6.89. The van der Waals surface area contributed by atoms with Gasteiger partial charge in [-0.2, -0.15) is 4.98 Å². The molecule has 0 saturated heterocycles. The van der Waals surface area contributed by atoms with E-state index in [4.69, 9.17) is 19.4 Å². The third kappa shape index (κ3) is 4.97. The molecule has 2 aromatic heterocycles. The highest BCUT2D eigenvalue weighted by atomic mass is 16.5.